The normalized spacial score (nSPS) is 21.7. The van der Waals surface area contributed by atoms with Crippen molar-refractivity contribution in [3.05, 3.63) is 98.4 Å². The number of nitro benzene ring substituents is 1. The molecule has 1 saturated heterocycles. The number of hydrogen-bond donors (Lipinski definition) is 1. The van der Waals surface area contributed by atoms with Gasteiger partial charge in [0, 0.05) is 49.6 Å². The summed E-state index contributed by atoms with van der Waals surface area (Å²) in [5.74, 6) is -2.06. The molecule has 2 aliphatic rings. The van der Waals surface area contributed by atoms with Crippen molar-refractivity contribution in [1.29, 1.82) is 0 Å². The number of benzene rings is 2. The zero-order valence-electron chi connectivity index (χ0n) is 22.2. The molecule has 0 aromatic heterocycles. The Balaban J connectivity index is 1.67. The molecule has 2 heterocycles. The number of non-ortho nitro benzene ring substituents is 1. The van der Waals surface area contributed by atoms with Crippen molar-refractivity contribution < 1.29 is 24.0 Å². The third-order valence-corrected chi connectivity index (χ3v) is 7.40. The number of nitrogens with one attached hydrogen (secondary N) is 1. The summed E-state index contributed by atoms with van der Waals surface area (Å²) in [6.45, 7) is 7.59. The van der Waals surface area contributed by atoms with Crippen molar-refractivity contribution in [1.82, 2.24) is 10.2 Å². The van der Waals surface area contributed by atoms with Crippen LogP contribution in [-0.4, -0.2) is 47.6 Å². The Bertz CT molecular complexity index is 1300. The number of carbonyl (C=O) groups excluding carboxylic acids is 2. The molecule has 9 nitrogen and oxygen atoms in total. The van der Waals surface area contributed by atoms with Gasteiger partial charge >= 0.3 is 11.9 Å². The highest BCUT2D eigenvalue weighted by atomic mass is 16.6. The second kappa shape index (κ2) is 11.2. The molecule has 0 bridgehead atoms. The lowest BCUT2D eigenvalue weighted by molar-refractivity contribution is -0.384. The number of dihydropyridines is 1. The highest BCUT2D eigenvalue weighted by Crippen LogP contribution is 2.41. The Morgan fingerprint density at radius 1 is 1.08 bits per heavy atom. The van der Waals surface area contributed by atoms with E-state index < -0.39 is 28.4 Å². The van der Waals surface area contributed by atoms with E-state index in [2.05, 4.69) is 22.3 Å². The molecule has 2 aromatic carbocycles. The van der Waals surface area contributed by atoms with Crippen LogP contribution in [0.1, 0.15) is 50.7 Å². The van der Waals surface area contributed by atoms with Crippen molar-refractivity contribution in [2.75, 3.05) is 20.2 Å². The van der Waals surface area contributed by atoms with Crippen molar-refractivity contribution in [3.63, 3.8) is 0 Å². The van der Waals surface area contributed by atoms with Gasteiger partial charge in [0.1, 0.15) is 5.60 Å². The van der Waals surface area contributed by atoms with E-state index in [1.807, 2.05) is 25.1 Å². The summed E-state index contributed by atoms with van der Waals surface area (Å²) in [5.41, 5.74) is 2.31. The van der Waals surface area contributed by atoms with Crippen LogP contribution in [0.25, 0.3) is 0 Å². The number of rotatable bonds is 8. The van der Waals surface area contributed by atoms with Crippen LogP contribution in [0.5, 0.6) is 0 Å². The molecule has 0 spiro atoms. The molecule has 0 aliphatic carbocycles. The molecule has 2 aliphatic heterocycles. The number of likely N-dealkylation sites (tertiary alicyclic amines) is 1. The van der Waals surface area contributed by atoms with E-state index in [1.54, 1.807) is 26.0 Å². The van der Waals surface area contributed by atoms with Gasteiger partial charge in [-0.3, -0.25) is 15.0 Å². The average molecular weight is 520 g/mol. The van der Waals surface area contributed by atoms with Crippen LogP contribution in [0.15, 0.2) is 77.1 Å². The second-order valence-corrected chi connectivity index (χ2v) is 9.85. The lowest BCUT2D eigenvalue weighted by Gasteiger charge is -2.34. The zero-order valence-corrected chi connectivity index (χ0v) is 22.2. The number of nitrogens with zero attached hydrogens (tertiary/aromatic N) is 2. The fourth-order valence-corrected chi connectivity index (χ4v) is 5.40. The number of nitro groups is 1. The van der Waals surface area contributed by atoms with Crippen LogP contribution >= 0.6 is 0 Å². The van der Waals surface area contributed by atoms with Crippen LogP contribution in [0, 0.1) is 10.1 Å². The fourth-order valence-electron chi connectivity index (χ4n) is 5.40. The van der Waals surface area contributed by atoms with Crippen LogP contribution < -0.4 is 5.32 Å². The van der Waals surface area contributed by atoms with Crippen molar-refractivity contribution in [3.8, 4) is 0 Å². The lowest BCUT2D eigenvalue weighted by atomic mass is 9.80. The number of methoxy groups -OCH3 is 1. The number of ether oxygens (including phenoxy) is 2. The molecule has 38 heavy (non-hydrogen) atoms. The van der Waals surface area contributed by atoms with E-state index in [-0.39, 0.29) is 16.8 Å². The molecular formula is C29H33N3O6. The Morgan fingerprint density at radius 2 is 1.76 bits per heavy atom. The van der Waals surface area contributed by atoms with Gasteiger partial charge < -0.3 is 14.8 Å². The molecule has 0 unspecified atom stereocenters. The Kier molecular flexibility index (Phi) is 7.97. The standard InChI is InChI=1S/C29H33N3O6/c1-5-29(14-15-31(18-29)17-21-10-7-6-8-11-21)38-28(34)25-20(3)30-19(2)24(27(33)37-4)26(25)22-12-9-13-23(16-22)32(35)36/h6-13,16,26,30H,5,14-15,17-18H2,1-4H3/t26-,29+/m0/s1. The molecule has 0 saturated carbocycles. The molecule has 1 N–H and O–H groups in total. The van der Waals surface area contributed by atoms with Gasteiger partial charge in [-0.25, -0.2) is 9.59 Å². The summed E-state index contributed by atoms with van der Waals surface area (Å²) in [6.07, 6.45) is 1.31. The van der Waals surface area contributed by atoms with E-state index in [9.17, 15) is 19.7 Å². The first-order chi connectivity index (χ1) is 18.2. The zero-order chi connectivity index (χ0) is 27.4. The molecular weight excluding hydrogens is 486 g/mol. The molecule has 9 heteroatoms. The minimum Gasteiger partial charge on any atom is -0.466 e. The van der Waals surface area contributed by atoms with E-state index >= 15 is 0 Å². The third-order valence-electron chi connectivity index (χ3n) is 7.40. The monoisotopic (exact) mass is 519 g/mol. The van der Waals surface area contributed by atoms with Gasteiger partial charge in [-0.05, 0) is 31.4 Å². The number of hydrogen-bond acceptors (Lipinski definition) is 8. The van der Waals surface area contributed by atoms with Crippen molar-refractivity contribution >= 4 is 17.6 Å². The predicted octanol–water partition coefficient (Wildman–Crippen LogP) is 4.60. The molecule has 200 valence electrons. The fraction of sp³-hybridized carbons (Fsp3) is 0.379. The van der Waals surface area contributed by atoms with Crippen molar-refractivity contribution in [2.24, 2.45) is 0 Å². The van der Waals surface area contributed by atoms with Crippen LogP contribution in [0.4, 0.5) is 5.69 Å². The number of carbonyl (C=O) groups is 2. The van der Waals surface area contributed by atoms with Gasteiger partial charge in [0.25, 0.3) is 5.69 Å². The first-order valence-corrected chi connectivity index (χ1v) is 12.7. The Hall–Kier alpha value is -3.98. The maximum absolute atomic E-state index is 13.9. The summed E-state index contributed by atoms with van der Waals surface area (Å²) >= 11 is 0. The van der Waals surface area contributed by atoms with E-state index in [0.29, 0.717) is 36.3 Å². The van der Waals surface area contributed by atoms with Gasteiger partial charge in [0.2, 0.25) is 0 Å². The van der Waals surface area contributed by atoms with Gasteiger partial charge in [-0.2, -0.15) is 0 Å². The van der Waals surface area contributed by atoms with Crippen LogP contribution in [0.3, 0.4) is 0 Å². The highest BCUT2D eigenvalue weighted by molar-refractivity contribution is 6.00. The van der Waals surface area contributed by atoms with Gasteiger partial charge in [-0.1, -0.05) is 49.4 Å². The molecule has 2 aromatic rings. The van der Waals surface area contributed by atoms with Crippen LogP contribution in [-0.2, 0) is 25.6 Å². The summed E-state index contributed by atoms with van der Waals surface area (Å²) in [7, 11) is 1.27. The Labute approximate surface area is 222 Å². The van der Waals surface area contributed by atoms with Crippen LogP contribution in [0.2, 0.25) is 0 Å². The lowest BCUT2D eigenvalue weighted by Crippen LogP contribution is -2.40. The molecule has 1 fully saturated rings. The minimum absolute atomic E-state index is 0.134. The summed E-state index contributed by atoms with van der Waals surface area (Å²) in [6, 6.07) is 16.1. The van der Waals surface area contributed by atoms with E-state index in [0.717, 1.165) is 13.1 Å². The maximum Gasteiger partial charge on any atom is 0.337 e. The molecule has 0 amide bonds. The number of esters is 2. The average Bonchev–Trinajstić information content (AvgIpc) is 3.30. The highest BCUT2D eigenvalue weighted by Gasteiger charge is 2.44. The second-order valence-electron chi connectivity index (χ2n) is 9.85. The van der Waals surface area contributed by atoms with E-state index in [4.69, 9.17) is 9.47 Å². The largest absolute Gasteiger partial charge is 0.466 e. The van der Waals surface area contributed by atoms with E-state index in [1.165, 1.54) is 24.8 Å². The van der Waals surface area contributed by atoms with Gasteiger partial charge in [0.05, 0.1) is 29.1 Å². The maximum atomic E-state index is 13.9. The summed E-state index contributed by atoms with van der Waals surface area (Å²) in [5, 5.41) is 14.6. The minimum atomic E-state index is -0.883. The van der Waals surface area contributed by atoms with Gasteiger partial charge in [0.15, 0.2) is 0 Å². The summed E-state index contributed by atoms with van der Waals surface area (Å²) < 4.78 is 11.3. The molecule has 0 radical (unpaired) electrons. The number of allylic oxidation sites excluding steroid dienone is 2. The smallest absolute Gasteiger partial charge is 0.337 e. The summed E-state index contributed by atoms with van der Waals surface area (Å²) in [4.78, 5) is 40.1. The van der Waals surface area contributed by atoms with Gasteiger partial charge in [-0.15, -0.1) is 0 Å². The predicted molar refractivity (Wildman–Crippen MR) is 142 cm³/mol. The quantitative estimate of drug-likeness (QED) is 0.306. The molecule has 2 atom stereocenters. The topological polar surface area (TPSA) is 111 Å². The third kappa shape index (κ3) is 5.47. The Morgan fingerprint density at radius 3 is 2.39 bits per heavy atom. The first kappa shape index (κ1) is 27.1. The first-order valence-electron chi connectivity index (χ1n) is 12.7. The van der Waals surface area contributed by atoms with Crippen molar-refractivity contribution in [2.45, 2.75) is 51.7 Å². The SMILES string of the molecule is CC[C@@]1(OC(=O)C2=C(C)NC(C)=C(C(=O)OC)[C@@H]2c2cccc([N+](=O)[O-])c2)CCN(Cc2ccccc2)C1. The molecule has 4 rings (SSSR count).